The number of hydrogen-bond acceptors (Lipinski definition) is 2. The first-order chi connectivity index (χ1) is 5.96. The summed E-state index contributed by atoms with van der Waals surface area (Å²) in [5, 5.41) is 4.43. The molecule has 0 bridgehead atoms. The predicted molar refractivity (Wildman–Crippen MR) is 52.4 cm³/mol. The van der Waals surface area contributed by atoms with E-state index in [-0.39, 0.29) is 11.0 Å². The lowest BCUT2D eigenvalue weighted by Crippen LogP contribution is -2.43. The quantitative estimate of drug-likeness (QED) is 0.741. The van der Waals surface area contributed by atoms with Crippen molar-refractivity contribution in [3.05, 3.63) is 18.0 Å². The molecule has 2 rings (SSSR count). The Hall–Kier alpha value is -0.830. The van der Waals surface area contributed by atoms with Gasteiger partial charge in [0.2, 0.25) is 0 Å². The third-order valence-corrected chi connectivity index (χ3v) is 3.39. The molecule has 3 nitrogen and oxygen atoms in total. The van der Waals surface area contributed by atoms with Gasteiger partial charge in [0.15, 0.2) is 0 Å². The molecule has 0 spiro atoms. The summed E-state index contributed by atoms with van der Waals surface area (Å²) >= 11 is 0. The molecule has 13 heavy (non-hydrogen) atoms. The molecule has 0 radical (unpaired) electrons. The van der Waals surface area contributed by atoms with Gasteiger partial charge in [0.1, 0.15) is 0 Å². The van der Waals surface area contributed by atoms with Crippen molar-refractivity contribution in [2.24, 2.45) is 12.8 Å². The first-order valence-corrected chi connectivity index (χ1v) is 4.75. The number of nitrogens with zero attached hydrogens (tertiary/aromatic N) is 2. The molecule has 0 aliphatic heterocycles. The number of hydrogen-bond donors (Lipinski definition) is 1. The molecule has 72 valence electrons. The van der Waals surface area contributed by atoms with Gasteiger partial charge < -0.3 is 5.73 Å². The van der Waals surface area contributed by atoms with Crippen LogP contribution in [0.5, 0.6) is 0 Å². The maximum atomic E-state index is 6.22. The fourth-order valence-electron chi connectivity index (χ4n) is 1.76. The van der Waals surface area contributed by atoms with Crippen molar-refractivity contribution >= 4 is 0 Å². The van der Waals surface area contributed by atoms with Crippen molar-refractivity contribution in [1.82, 2.24) is 9.78 Å². The molecule has 1 aliphatic rings. The van der Waals surface area contributed by atoms with E-state index >= 15 is 0 Å². The number of aryl methyl sites for hydroxylation is 1. The van der Waals surface area contributed by atoms with Gasteiger partial charge in [0.25, 0.3) is 0 Å². The van der Waals surface area contributed by atoms with E-state index in [4.69, 9.17) is 5.73 Å². The van der Waals surface area contributed by atoms with Gasteiger partial charge in [-0.25, -0.2) is 0 Å². The van der Waals surface area contributed by atoms with Crippen LogP contribution in [0, 0.1) is 0 Å². The molecule has 0 atom stereocenters. The van der Waals surface area contributed by atoms with Crippen molar-refractivity contribution in [2.75, 3.05) is 0 Å². The van der Waals surface area contributed by atoms with Crippen LogP contribution in [0.25, 0.3) is 0 Å². The van der Waals surface area contributed by atoms with Crippen LogP contribution in [0.3, 0.4) is 0 Å². The van der Waals surface area contributed by atoms with Crippen molar-refractivity contribution in [3.8, 4) is 0 Å². The maximum Gasteiger partial charge on any atom is 0.0698 e. The van der Waals surface area contributed by atoms with Gasteiger partial charge in [-0.2, -0.15) is 5.10 Å². The zero-order valence-electron chi connectivity index (χ0n) is 8.54. The van der Waals surface area contributed by atoms with E-state index in [9.17, 15) is 0 Å². The summed E-state index contributed by atoms with van der Waals surface area (Å²) in [7, 11) is 1.94. The Kier molecular flexibility index (Phi) is 1.58. The molecular formula is C10H17N3. The highest BCUT2D eigenvalue weighted by atomic mass is 15.3. The smallest absolute Gasteiger partial charge is 0.0698 e. The predicted octanol–water partition coefficient (Wildman–Crippen LogP) is 1.19. The lowest BCUT2D eigenvalue weighted by molar-refractivity contribution is 0.377. The van der Waals surface area contributed by atoms with Gasteiger partial charge in [-0.05, 0) is 18.9 Å². The molecule has 1 aromatic rings. The minimum absolute atomic E-state index is 0.00819. The third kappa shape index (κ3) is 1.18. The lowest BCUT2D eigenvalue weighted by atomic mass is 9.79. The number of rotatable bonds is 2. The van der Waals surface area contributed by atoms with Crippen molar-refractivity contribution in [1.29, 1.82) is 0 Å². The zero-order valence-corrected chi connectivity index (χ0v) is 8.54. The molecular weight excluding hydrogens is 162 g/mol. The Labute approximate surface area is 78.9 Å². The molecule has 1 aromatic heterocycles. The monoisotopic (exact) mass is 179 g/mol. The highest BCUT2D eigenvalue weighted by molar-refractivity contribution is 5.26. The van der Waals surface area contributed by atoms with Crippen molar-refractivity contribution in [2.45, 2.75) is 37.6 Å². The summed E-state index contributed by atoms with van der Waals surface area (Å²) in [4.78, 5) is 0. The van der Waals surface area contributed by atoms with Crippen LogP contribution in [0.1, 0.15) is 32.4 Å². The molecule has 1 aliphatic carbocycles. The molecule has 3 heteroatoms. The Morgan fingerprint density at radius 3 is 2.54 bits per heavy atom. The molecule has 0 unspecified atom stereocenters. The Morgan fingerprint density at radius 2 is 2.15 bits per heavy atom. The SMILES string of the molecule is Cn1ccc(C(C)(C)C2(N)CC2)n1. The summed E-state index contributed by atoms with van der Waals surface area (Å²) in [6, 6.07) is 2.06. The van der Waals surface area contributed by atoms with E-state index in [0.717, 1.165) is 18.5 Å². The zero-order chi connectivity index (χ0) is 9.69. The highest BCUT2D eigenvalue weighted by Crippen LogP contribution is 2.48. The van der Waals surface area contributed by atoms with Gasteiger partial charge >= 0.3 is 0 Å². The molecule has 1 saturated carbocycles. The lowest BCUT2D eigenvalue weighted by Gasteiger charge is -2.29. The first-order valence-electron chi connectivity index (χ1n) is 4.75. The Balaban J connectivity index is 2.34. The fraction of sp³-hybridized carbons (Fsp3) is 0.700. The second-order valence-corrected chi connectivity index (χ2v) is 4.66. The highest BCUT2D eigenvalue weighted by Gasteiger charge is 2.52. The number of nitrogens with two attached hydrogens (primary N) is 1. The number of aromatic nitrogens is 2. The molecule has 1 heterocycles. The fourth-order valence-corrected chi connectivity index (χ4v) is 1.76. The second kappa shape index (κ2) is 2.35. The van der Waals surface area contributed by atoms with Crippen LogP contribution in [0.15, 0.2) is 12.3 Å². The normalized spacial score (nSPS) is 20.3. The van der Waals surface area contributed by atoms with Gasteiger partial charge in [-0.3, -0.25) is 4.68 Å². The van der Waals surface area contributed by atoms with Gasteiger partial charge in [0.05, 0.1) is 5.69 Å². The van der Waals surface area contributed by atoms with Crippen molar-refractivity contribution in [3.63, 3.8) is 0 Å². The van der Waals surface area contributed by atoms with E-state index in [2.05, 4.69) is 25.0 Å². The van der Waals surface area contributed by atoms with Crippen LogP contribution in [-0.4, -0.2) is 15.3 Å². The van der Waals surface area contributed by atoms with Crippen LogP contribution in [0.2, 0.25) is 0 Å². The van der Waals surface area contributed by atoms with Crippen molar-refractivity contribution < 1.29 is 0 Å². The van der Waals surface area contributed by atoms with E-state index < -0.39 is 0 Å². The molecule has 0 aromatic carbocycles. The van der Waals surface area contributed by atoms with Crippen LogP contribution >= 0.6 is 0 Å². The molecule has 1 fully saturated rings. The standard InChI is InChI=1S/C10H17N3/c1-9(2,10(11)5-6-10)8-4-7-13(3)12-8/h4,7H,5-6,11H2,1-3H3. The Morgan fingerprint density at radius 1 is 1.54 bits per heavy atom. The van der Waals surface area contributed by atoms with E-state index in [1.165, 1.54) is 0 Å². The van der Waals surface area contributed by atoms with Crippen LogP contribution < -0.4 is 5.73 Å². The van der Waals surface area contributed by atoms with Gasteiger partial charge in [-0.1, -0.05) is 13.8 Å². The van der Waals surface area contributed by atoms with Crippen LogP contribution in [-0.2, 0) is 12.5 Å². The van der Waals surface area contributed by atoms with E-state index in [1.807, 2.05) is 17.9 Å². The summed E-state index contributed by atoms with van der Waals surface area (Å²) in [6.07, 6.45) is 4.22. The summed E-state index contributed by atoms with van der Waals surface area (Å²) in [5.74, 6) is 0. The van der Waals surface area contributed by atoms with E-state index in [1.54, 1.807) is 0 Å². The first kappa shape index (κ1) is 8.75. The average molecular weight is 179 g/mol. The van der Waals surface area contributed by atoms with Gasteiger partial charge in [-0.15, -0.1) is 0 Å². The average Bonchev–Trinajstić information content (AvgIpc) is 2.63. The maximum absolute atomic E-state index is 6.22. The summed E-state index contributed by atoms with van der Waals surface area (Å²) in [5.41, 5.74) is 7.32. The largest absolute Gasteiger partial charge is 0.324 e. The van der Waals surface area contributed by atoms with Gasteiger partial charge in [0, 0.05) is 24.2 Å². The Bertz CT molecular complexity index is 321. The molecule has 2 N–H and O–H groups in total. The molecule has 0 amide bonds. The summed E-state index contributed by atoms with van der Waals surface area (Å²) in [6.45, 7) is 4.37. The summed E-state index contributed by atoms with van der Waals surface area (Å²) < 4.78 is 1.84. The second-order valence-electron chi connectivity index (χ2n) is 4.66. The molecule has 0 saturated heterocycles. The third-order valence-electron chi connectivity index (χ3n) is 3.39. The minimum atomic E-state index is -0.0125. The topological polar surface area (TPSA) is 43.8 Å². The van der Waals surface area contributed by atoms with E-state index in [0.29, 0.717) is 0 Å². The minimum Gasteiger partial charge on any atom is -0.324 e. The van der Waals surface area contributed by atoms with Crippen LogP contribution in [0.4, 0.5) is 0 Å².